The van der Waals surface area contributed by atoms with Gasteiger partial charge in [-0.2, -0.15) is 0 Å². The van der Waals surface area contributed by atoms with Gasteiger partial charge in [0, 0.05) is 13.1 Å². The van der Waals surface area contributed by atoms with Gasteiger partial charge >= 0.3 is 0 Å². The van der Waals surface area contributed by atoms with Crippen molar-refractivity contribution in [3.05, 3.63) is 47.0 Å². The van der Waals surface area contributed by atoms with Crippen molar-refractivity contribution in [3.8, 4) is 0 Å². The maximum atomic E-state index is 6.18. The zero-order valence-corrected chi connectivity index (χ0v) is 12.7. The van der Waals surface area contributed by atoms with Gasteiger partial charge in [0.15, 0.2) is 0 Å². The van der Waals surface area contributed by atoms with Gasteiger partial charge < -0.3 is 14.6 Å². The molecule has 2 heterocycles. The molecule has 20 heavy (non-hydrogen) atoms. The molecule has 0 atom stereocenters. The highest BCUT2D eigenvalue weighted by molar-refractivity contribution is 6.31. The molecular formula is C15H20ClN3O. The van der Waals surface area contributed by atoms with Gasteiger partial charge in [-0.15, -0.1) is 0 Å². The van der Waals surface area contributed by atoms with Gasteiger partial charge in [-0.05, 0) is 37.7 Å². The van der Waals surface area contributed by atoms with Gasteiger partial charge in [0.25, 0.3) is 0 Å². The first-order valence-electron chi connectivity index (χ1n) is 6.88. The summed E-state index contributed by atoms with van der Waals surface area (Å²) in [5.41, 5.74) is 0.879. The van der Waals surface area contributed by atoms with Crippen molar-refractivity contribution in [1.29, 1.82) is 0 Å². The second-order valence-electron chi connectivity index (χ2n) is 4.47. The fourth-order valence-corrected chi connectivity index (χ4v) is 2.13. The molecule has 0 fully saturated rings. The van der Waals surface area contributed by atoms with E-state index < -0.39 is 0 Å². The molecule has 1 N–H and O–H groups in total. The van der Waals surface area contributed by atoms with Crippen LogP contribution in [0, 0.1) is 0 Å². The monoisotopic (exact) mass is 293 g/mol. The molecule has 0 saturated carbocycles. The lowest BCUT2D eigenvalue weighted by Crippen LogP contribution is -2.23. The molecule has 5 heteroatoms. The Bertz CT molecular complexity index is 528. The lowest BCUT2D eigenvalue weighted by molar-refractivity contribution is 0.502. The molecule has 2 aromatic rings. The average molecular weight is 294 g/mol. The third-order valence-corrected chi connectivity index (χ3v) is 3.42. The molecule has 0 aliphatic carbocycles. The van der Waals surface area contributed by atoms with E-state index in [0.717, 1.165) is 30.4 Å². The van der Waals surface area contributed by atoms with Gasteiger partial charge in [0.05, 0.1) is 23.5 Å². The van der Waals surface area contributed by atoms with Crippen molar-refractivity contribution >= 4 is 17.4 Å². The van der Waals surface area contributed by atoms with Crippen LogP contribution in [0.1, 0.15) is 25.3 Å². The van der Waals surface area contributed by atoms with Crippen molar-refractivity contribution in [3.63, 3.8) is 0 Å². The topological polar surface area (TPSA) is 41.3 Å². The Kier molecular flexibility index (Phi) is 5.44. The van der Waals surface area contributed by atoms with Crippen LogP contribution in [0.5, 0.6) is 0 Å². The number of rotatable bonds is 7. The van der Waals surface area contributed by atoms with Gasteiger partial charge in [-0.1, -0.05) is 18.5 Å². The summed E-state index contributed by atoms with van der Waals surface area (Å²) in [6.45, 7) is 7.30. The van der Waals surface area contributed by atoms with Crippen LogP contribution in [0.4, 0.5) is 5.82 Å². The number of pyridine rings is 1. The van der Waals surface area contributed by atoms with Crippen molar-refractivity contribution in [2.75, 3.05) is 18.0 Å². The average Bonchev–Trinajstić information content (AvgIpc) is 2.97. The predicted octanol–water partition coefficient (Wildman–Crippen LogP) is 3.46. The molecule has 0 aliphatic rings. The minimum atomic E-state index is 0.682. The summed E-state index contributed by atoms with van der Waals surface area (Å²) in [5.74, 6) is 1.85. The highest BCUT2D eigenvalue weighted by Crippen LogP contribution is 2.21. The van der Waals surface area contributed by atoms with Crippen LogP contribution in [-0.4, -0.2) is 18.1 Å². The number of halogens is 1. The van der Waals surface area contributed by atoms with Gasteiger partial charge in [-0.3, -0.25) is 0 Å². The van der Waals surface area contributed by atoms with Crippen molar-refractivity contribution in [1.82, 2.24) is 10.3 Å². The maximum Gasteiger partial charge on any atom is 0.129 e. The smallest absolute Gasteiger partial charge is 0.129 e. The third-order valence-electron chi connectivity index (χ3n) is 3.08. The summed E-state index contributed by atoms with van der Waals surface area (Å²) >= 11 is 6.18. The van der Waals surface area contributed by atoms with Crippen LogP contribution >= 0.6 is 11.6 Å². The molecule has 2 rings (SSSR count). The summed E-state index contributed by atoms with van der Waals surface area (Å²) < 4.78 is 5.40. The molecule has 0 aliphatic heterocycles. The van der Waals surface area contributed by atoms with E-state index in [1.54, 1.807) is 6.26 Å². The molecule has 0 radical (unpaired) electrons. The van der Waals surface area contributed by atoms with Crippen molar-refractivity contribution < 1.29 is 4.42 Å². The molecule has 2 aromatic heterocycles. The quantitative estimate of drug-likeness (QED) is 0.849. The van der Waals surface area contributed by atoms with E-state index in [1.807, 2.05) is 24.3 Å². The zero-order chi connectivity index (χ0) is 14.4. The van der Waals surface area contributed by atoms with E-state index in [4.69, 9.17) is 16.0 Å². The number of anilines is 1. The predicted molar refractivity (Wildman–Crippen MR) is 82.1 cm³/mol. The largest absolute Gasteiger partial charge is 0.467 e. The van der Waals surface area contributed by atoms with E-state index in [-0.39, 0.29) is 0 Å². The number of nitrogens with zero attached hydrogens (tertiary/aromatic N) is 2. The van der Waals surface area contributed by atoms with Crippen LogP contribution in [0.3, 0.4) is 0 Å². The normalized spacial score (nSPS) is 10.8. The SMILES string of the molecule is CCNCc1nc(N(CC)Cc2ccco2)ccc1Cl. The summed E-state index contributed by atoms with van der Waals surface area (Å²) in [7, 11) is 0. The molecule has 0 amide bonds. The highest BCUT2D eigenvalue weighted by Gasteiger charge is 2.11. The second-order valence-corrected chi connectivity index (χ2v) is 4.88. The summed E-state index contributed by atoms with van der Waals surface area (Å²) in [4.78, 5) is 6.81. The summed E-state index contributed by atoms with van der Waals surface area (Å²) in [6.07, 6.45) is 1.69. The lowest BCUT2D eigenvalue weighted by Gasteiger charge is -2.21. The van der Waals surface area contributed by atoms with Gasteiger partial charge in [-0.25, -0.2) is 4.98 Å². The van der Waals surface area contributed by atoms with Crippen LogP contribution in [0.2, 0.25) is 5.02 Å². The number of hydrogen-bond donors (Lipinski definition) is 1. The van der Waals surface area contributed by atoms with Gasteiger partial charge in [0.1, 0.15) is 11.6 Å². The van der Waals surface area contributed by atoms with E-state index in [2.05, 4.69) is 29.0 Å². The molecule has 0 aromatic carbocycles. The molecule has 0 bridgehead atoms. The van der Waals surface area contributed by atoms with E-state index in [0.29, 0.717) is 18.1 Å². The maximum absolute atomic E-state index is 6.18. The molecule has 0 unspecified atom stereocenters. The van der Waals surface area contributed by atoms with Gasteiger partial charge in [0.2, 0.25) is 0 Å². The molecular weight excluding hydrogens is 274 g/mol. The summed E-state index contributed by atoms with van der Waals surface area (Å²) in [6, 6.07) is 7.72. The zero-order valence-electron chi connectivity index (χ0n) is 11.9. The number of hydrogen-bond acceptors (Lipinski definition) is 4. The number of furan rings is 1. The van der Waals surface area contributed by atoms with E-state index >= 15 is 0 Å². The highest BCUT2D eigenvalue weighted by atomic mass is 35.5. The van der Waals surface area contributed by atoms with Crippen LogP contribution in [-0.2, 0) is 13.1 Å². The molecule has 4 nitrogen and oxygen atoms in total. The fourth-order valence-electron chi connectivity index (χ4n) is 1.96. The Balaban J connectivity index is 2.16. The third kappa shape index (κ3) is 3.74. The summed E-state index contributed by atoms with van der Waals surface area (Å²) in [5, 5.41) is 3.95. The second kappa shape index (κ2) is 7.31. The van der Waals surface area contributed by atoms with Crippen molar-refractivity contribution in [2.24, 2.45) is 0 Å². The minimum absolute atomic E-state index is 0.682. The first-order chi connectivity index (χ1) is 9.74. The Morgan fingerprint density at radius 1 is 1.30 bits per heavy atom. The Labute approximate surface area is 124 Å². The Morgan fingerprint density at radius 3 is 2.80 bits per heavy atom. The fraction of sp³-hybridized carbons (Fsp3) is 0.400. The Hall–Kier alpha value is -1.52. The molecule has 108 valence electrons. The van der Waals surface area contributed by atoms with Crippen LogP contribution < -0.4 is 10.2 Å². The van der Waals surface area contributed by atoms with E-state index in [1.165, 1.54) is 0 Å². The van der Waals surface area contributed by atoms with E-state index in [9.17, 15) is 0 Å². The molecule has 0 saturated heterocycles. The lowest BCUT2D eigenvalue weighted by atomic mass is 10.3. The number of nitrogens with one attached hydrogen (secondary N) is 1. The Morgan fingerprint density at radius 2 is 2.15 bits per heavy atom. The van der Waals surface area contributed by atoms with Crippen LogP contribution in [0.15, 0.2) is 34.9 Å². The molecule has 0 spiro atoms. The standard InChI is InChI=1S/C15H20ClN3O/c1-3-17-10-14-13(16)7-8-15(18-14)19(4-2)11-12-6-5-9-20-12/h5-9,17H,3-4,10-11H2,1-2H3. The number of aromatic nitrogens is 1. The minimum Gasteiger partial charge on any atom is -0.467 e. The first kappa shape index (κ1) is 14.9. The van der Waals surface area contributed by atoms with Crippen LogP contribution in [0.25, 0.3) is 0 Å². The first-order valence-corrected chi connectivity index (χ1v) is 7.25. The van der Waals surface area contributed by atoms with Crippen molar-refractivity contribution in [2.45, 2.75) is 26.9 Å².